The number of carbonyl (C=O) groups excluding carboxylic acids is 1. The molecule has 1 amide bonds. The third-order valence-electron chi connectivity index (χ3n) is 4.73. The number of benzene rings is 2. The van der Waals surface area contributed by atoms with E-state index in [1.807, 2.05) is 32.0 Å². The molecule has 1 aliphatic heterocycles. The highest BCUT2D eigenvalue weighted by molar-refractivity contribution is 5.94. The Morgan fingerprint density at radius 1 is 1.12 bits per heavy atom. The number of fused-ring (bicyclic) bond motifs is 1. The summed E-state index contributed by atoms with van der Waals surface area (Å²) in [6.45, 7) is 3.96. The van der Waals surface area contributed by atoms with Gasteiger partial charge in [-0.15, -0.1) is 0 Å². The van der Waals surface area contributed by atoms with Crippen molar-refractivity contribution in [2.75, 3.05) is 5.32 Å². The van der Waals surface area contributed by atoms with Gasteiger partial charge in [-0.25, -0.2) is 13.5 Å². The number of rotatable bonds is 2. The van der Waals surface area contributed by atoms with Gasteiger partial charge in [-0.05, 0) is 49.2 Å². The number of halogens is 2. The molecule has 1 aromatic heterocycles. The lowest BCUT2D eigenvalue weighted by Crippen LogP contribution is -2.25. The maximum atomic E-state index is 14.3. The molecule has 0 bridgehead atoms. The van der Waals surface area contributed by atoms with Crippen molar-refractivity contribution >= 4 is 11.7 Å². The minimum atomic E-state index is -0.575. The number of nitrogens with zero attached hydrogens (tertiary/aromatic N) is 2. The van der Waals surface area contributed by atoms with E-state index in [1.54, 1.807) is 10.9 Å². The topological polar surface area (TPSA) is 46.9 Å². The molecule has 0 saturated heterocycles. The molecule has 1 N–H and O–H groups in total. The van der Waals surface area contributed by atoms with Crippen LogP contribution in [0.5, 0.6) is 0 Å². The van der Waals surface area contributed by atoms with Gasteiger partial charge in [0.2, 0.25) is 5.91 Å². The molecule has 3 aromatic rings. The number of anilines is 1. The zero-order chi connectivity index (χ0) is 18.4. The van der Waals surface area contributed by atoms with Gasteiger partial charge in [-0.3, -0.25) is 4.79 Å². The summed E-state index contributed by atoms with van der Waals surface area (Å²) >= 11 is 0. The number of aromatic nitrogens is 2. The third kappa shape index (κ3) is 2.67. The molecule has 1 atom stereocenters. The molecular weight excluding hydrogens is 336 g/mol. The van der Waals surface area contributed by atoms with Crippen molar-refractivity contribution in [3.63, 3.8) is 0 Å². The maximum absolute atomic E-state index is 14.3. The van der Waals surface area contributed by atoms with Gasteiger partial charge >= 0.3 is 0 Å². The third-order valence-corrected chi connectivity index (χ3v) is 4.73. The fourth-order valence-corrected chi connectivity index (χ4v) is 3.50. The zero-order valence-corrected chi connectivity index (χ0v) is 14.4. The largest absolute Gasteiger partial charge is 0.310 e. The van der Waals surface area contributed by atoms with Crippen molar-refractivity contribution in [1.29, 1.82) is 0 Å². The van der Waals surface area contributed by atoms with Crippen LogP contribution >= 0.6 is 0 Å². The van der Waals surface area contributed by atoms with Crippen LogP contribution in [0.2, 0.25) is 0 Å². The first-order valence-electron chi connectivity index (χ1n) is 8.34. The fraction of sp³-hybridized carbons (Fsp3) is 0.200. The Bertz CT molecular complexity index is 1030. The highest BCUT2D eigenvalue weighted by atomic mass is 19.1. The lowest BCUT2D eigenvalue weighted by atomic mass is 9.87. The van der Waals surface area contributed by atoms with Gasteiger partial charge in [0.05, 0.1) is 11.9 Å². The van der Waals surface area contributed by atoms with E-state index in [1.165, 1.54) is 0 Å². The van der Waals surface area contributed by atoms with Crippen LogP contribution in [0.1, 0.15) is 34.6 Å². The van der Waals surface area contributed by atoms with Gasteiger partial charge in [-0.2, -0.15) is 5.10 Å². The molecule has 0 fully saturated rings. The van der Waals surface area contributed by atoms with Crippen LogP contribution in [0, 0.1) is 25.5 Å². The molecule has 2 heterocycles. The zero-order valence-electron chi connectivity index (χ0n) is 14.4. The monoisotopic (exact) mass is 353 g/mol. The molecular formula is C20H17F2N3O. The summed E-state index contributed by atoms with van der Waals surface area (Å²) < 4.78 is 29.6. The van der Waals surface area contributed by atoms with Gasteiger partial charge in [0.15, 0.2) is 0 Å². The number of nitrogens with one attached hydrogen (secondary N) is 1. The molecule has 132 valence electrons. The standard InChI is InChI=1S/C20H17F2N3O/c1-11-3-6-18(12(2)7-11)25-20-16(10-23-25)14(9-19(26)24-20)15-8-13(21)4-5-17(15)22/h3-8,10,14H,9H2,1-2H3,(H,24,26). The van der Waals surface area contributed by atoms with Gasteiger partial charge < -0.3 is 5.32 Å². The molecule has 0 saturated carbocycles. The summed E-state index contributed by atoms with van der Waals surface area (Å²) in [5.41, 5.74) is 3.80. The number of amides is 1. The lowest BCUT2D eigenvalue weighted by molar-refractivity contribution is -0.116. The highest BCUT2D eigenvalue weighted by Gasteiger charge is 2.32. The summed E-state index contributed by atoms with van der Waals surface area (Å²) in [5, 5.41) is 7.23. The summed E-state index contributed by atoms with van der Waals surface area (Å²) in [6.07, 6.45) is 1.66. The number of hydrogen-bond donors (Lipinski definition) is 1. The number of hydrogen-bond acceptors (Lipinski definition) is 2. The molecule has 1 unspecified atom stereocenters. The Labute approximate surface area is 149 Å². The van der Waals surface area contributed by atoms with E-state index >= 15 is 0 Å². The van der Waals surface area contributed by atoms with E-state index < -0.39 is 17.6 Å². The summed E-state index contributed by atoms with van der Waals surface area (Å²) in [6, 6.07) is 9.23. The molecule has 4 rings (SSSR count). The predicted molar refractivity (Wildman–Crippen MR) is 94.5 cm³/mol. The van der Waals surface area contributed by atoms with E-state index in [2.05, 4.69) is 10.4 Å². The van der Waals surface area contributed by atoms with Crippen LogP contribution in [0.15, 0.2) is 42.6 Å². The van der Waals surface area contributed by atoms with Crippen LogP contribution in [0.25, 0.3) is 5.69 Å². The van der Waals surface area contributed by atoms with Crippen molar-refractivity contribution < 1.29 is 13.6 Å². The first-order valence-corrected chi connectivity index (χ1v) is 8.34. The van der Waals surface area contributed by atoms with Crippen molar-refractivity contribution in [2.24, 2.45) is 0 Å². The number of aryl methyl sites for hydroxylation is 2. The first-order chi connectivity index (χ1) is 12.4. The number of carbonyl (C=O) groups is 1. The van der Waals surface area contributed by atoms with Crippen LogP contribution in [-0.4, -0.2) is 15.7 Å². The summed E-state index contributed by atoms with van der Waals surface area (Å²) in [5.74, 6) is -1.39. The van der Waals surface area contributed by atoms with E-state index in [-0.39, 0.29) is 17.9 Å². The average molecular weight is 353 g/mol. The first kappa shape index (κ1) is 16.4. The molecule has 6 heteroatoms. The molecule has 26 heavy (non-hydrogen) atoms. The molecule has 2 aromatic carbocycles. The minimum Gasteiger partial charge on any atom is -0.310 e. The van der Waals surface area contributed by atoms with Crippen LogP contribution < -0.4 is 5.32 Å². The van der Waals surface area contributed by atoms with Crippen LogP contribution in [0.4, 0.5) is 14.6 Å². The van der Waals surface area contributed by atoms with Crippen molar-refractivity contribution in [3.05, 3.63) is 76.5 Å². The van der Waals surface area contributed by atoms with Gasteiger partial charge in [0.1, 0.15) is 17.5 Å². The maximum Gasteiger partial charge on any atom is 0.226 e. The summed E-state index contributed by atoms with van der Waals surface area (Å²) in [7, 11) is 0. The van der Waals surface area contributed by atoms with Gasteiger partial charge in [0.25, 0.3) is 0 Å². The lowest BCUT2D eigenvalue weighted by Gasteiger charge is -2.24. The minimum absolute atomic E-state index is 0.0476. The SMILES string of the molecule is Cc1ccc(-n2ncc3c2NC(=O)CC3c2cc(F)ccc2F)c(C)c1. The van der Waals surface area contributed by atoms with Crippen molar-refractivity contribution in [1.82, 2.24) is 9.78 Å². The summed E-state index contributed by atoms with van der Waals surface area (Å²) in [4.78, 5) is 12.3. The Hall–Kier alpha value is -3.02. The molecule has 0 aliphatic carbocycles. The van der Waals surface area contributed by atoms with E-state index in [0.717, 1.165) is 35.0 Å². The Kier molecular flexibility index (Phi) is 3.83. The average Bonchev–Trinajstić information content (AvgIpc) is 3.00. The van der Waals surface area contributed by atoms with Crippen LogP contribution in [0.3, 0.4) is 0 Å². The smallest absolute Gasteiger partial charge is 0.226 e. The predicted octanol–water partition coefficient (Wildman–Crippen LogP) is 4.24. The Morgan fingerprint density at radius 3 is 2.69 bits per heavy atom. The second kappa shape index (κ2) is 6.05. The van der Waals surface area contributed by atoms with Gasteiger partial charge in [-0.1, -0.05) is 17.7 Å². The van der Waals surface area contributed by atoms with E-state index in [4.69, 9.17) is 0 Å². The quantitative estimate of drug-likeness (QED) is 0.749. The second-order valence-corrected chi connectivity index (χ2v) is 6.62. The molecule has 0 radical (unpaired) electrons. The van der Waals surface area contributed by atoms with Crippen LogP contribution in [-0.2, 0) is 4.79 Å². The van der Waals surface area contributed by atoms with E-state index in [9.17, 15) is 13.6 Å². The molecule has 4 nitrogen and oxygen atoms in total. The Balaban J connectivity index is 1.86. The fourth-order valence-electron chi connectivity index (χ4n) is 3.50. The van der Waals surface area contributed by atoms with Crippen molar-refractivity contribution in [3.8, 4) is 5.69 Å². The molecule has 1 aliphatic rings. The highest BCUT2D eigenvalue weighted by Crippen LogP contribution is 2.39. The van der Waals surface area contributed by atoms with E-state index in [0.29, 0.717) is 11.4 Å². The normalized spacial score (nSPS) is 16.3. The second-order valence-electron chi connectivity index (χ2n) is 6.62. The van der Waals surface area contributed by atoms with Gasteiger partial charge in [0, 0.05) is 17.9 Å². The Morgan fingerprint density at radius 2 is 1.92 bits per heavy atom. The molecule has 0 spiro atoms. The van der Waals surface area contributed by atoms with Crippen molar-refractivity contribution in [2.45, 2.75) is 26.2 Å².